The Morgan fingerprint density at radius 1 is 0.839 bits per heavy atom. The highest BCUT2D eigenvalue weighted by Gasteiger charge is 2.69. The third-order valence-electron chi connectivity index (χ3n) is 6.70. The van der Waals surface area contributed by atoms with Gasteiger partial charge in [0.05, 0.1) is 0 Å². The lowest BCUT2D eigenvalue weighted by Gasteiger charge is -2.54. The molecule has 2 atom stereocenters. The van der Waals surface area contributed by atoms with Gasteiger partial charge in [0.2, 0.25) is 11.4 Å². The number of carbonyl (C=O) groups is 1. The van der Waals surface area contributed by atoms with Gasteiger partial charge in [-0.3, -0.25) is 4.79 Å². The fourth-order valence-electron chi connectivity index (χ4n) is 4.64. The number of benzene rings is 3. The minimum atomic E-state index is -1.91. The monoisotopic (exact) mass is 415 g/mol. The molecular formula is C26H25NO4. The smallest absolute Gasteiger partial charge is 0.241 e. The number of fused-ring (bicyclic) bond motifs is 3. The molecule has 0 spiro atoms. The van der Waals surface area contributed by atoms with Gasteiger partial charge >= 0.3 is 0 Å². The van der Waals surface area contributed by atoms with Crippen molar-refractivity contribution >= 4 is 11.5 Å². The van der Waals surface area contributed by atoms with Crippen molar-refractivity contribution in [3.8, 4) is 0 Å². The van der Waals surface area contributed by atoms with E-state index >= 15 is 0 Å². The molecule has 2 aliphatic heterocycles. The largest absolute Gasteiger partial charge is 0.383 e. The summed E-state index contributed by atoms with van der Waals surface area (Å²) < 4.78 is 0. The van der Waals surface area contributed by atoms with Crippen molar-refractivity contribution in [2.24, 2.45) is 5.41 Å². The molecule has 5 nitrogen and oxygen atoms in total. The Morgan fingerprint density at radius 2 is 1.39 bits per heavy atom. The lowest BCUT2D eigenvalue weighted by molar-refractivity contribution is -0.496. The summed E-state index contributed by atoms with van der Waals surface area (Å²) in [6, 6.07) is 22.6. The highest BCUT2D eigenvalue weighted by molar-refractivity contribution is 5.99. The lowest BCUT2D eigenvalue weighted by Crippen LogP contribution is -2.67. The molecule has 3 aromatic carbocycles. The van der Waals surface area contributed by atoms with Crippen molar-refractivity contribution in [2.75, 3.05) is 11.9 Å². The normalized spacial score (nSPS) is 26.5. The molecule has 0 radical (unpaired) electrons. The van der Waals surface area contributed by atoms with E-state index in [0.717, 1.165) is 16.8 Å². The van der Waals surface area contributed by atoms with E-state index in [9.17, 15) is 9.90 Å². The van der Waals surface area contributed by atoms with Gasteiger partial charge in [-0.25, -0.2) is 4.89 Å². The quantitative estimate of drug-likeness (QED) is 0.609. The highest BCUT2D eigenvalue weighted by atomic mass is 17.2. The average Bonchev–Trinajstić information content (AvgIpc) is 2.78. The number of carbonyl (C=O) groups excluding carboxylic acids is 1. The van der Waals surface area contributed by atoms with Crippen molar-refractivity contribution in [1.82, 2.24) is 0 Å². The Kier molecular flexibility index (Phi) is 4.35. The topological polar surface area (TPSA) is 67.8 Å². The Hall–Kier alpha value is -2.99. The molecule has 3 aromatic rings. The van der Waals surface area contributed by atoms with E-state index in [1.807, 2.05) is 74.5 Å². The fraction of sp³-hybridized carbons (Fsp3) is 0.269. The molecule has 2 N–H and O–H groups in total. The fourth-order valence-corrected chi connectivity index (χ4v) is 4.64. The SMILES string of the molecule is Cc1ccc(C2(c3ccc(C)cc3)OOC3(O)c4ccccc4NCC3(C)C2=O)cc1. The molecule has 0 amide bonds. The molecule has 2 unspecified atom stereocenters. The molecular weight excluding hydrogens is 390 g/mol. The number of hydrogen-bond donors (Lipinski definition) is 2. The molecule has 2 heterocycles. The summed E-state index contributed by atoms with van der Waals surface area (Å²) in [5, 5.41) is 15.0. The van der Waals surface area contributed by atoms with Crippen LogP contribution in [-0.2, 0) is 26.0 Å². The van der Waals surface area contributed by atoms with Gasteiger partial charge in [0.25, 0.3) is 0 Å². The predicted molar refractivity (Wildman–Crippen MR) is 117 cm³/mol. The molecule has 0 aliphatic carbocycles. The summed E-state index contributed by atoms with van der Waals surface area (Å²) in [5.74, 6) is -2.17. The molecule has 5 heteroatoms. The van der Waals surface area contributed by atoms with E-state index in [1.165, 1.54) is 0 Å². The van der Waals surface area contributed by atoms with Gasteiger partial charge in [0.15, 0.2) is 5.78 Å². The first-order valence-corrected chi connectivity index (χ1v) is 10.4. The zero-order valence-electron chi connectivity index (χ0n) is 17.8. The van der Waals surface area contributed by atoms with Crippen LogP contribution < -0.4 is 5.32 Å². The predicted octanol–water partition coefficient (Wildman–Crippen LogP) is 4.36. The van der Waals surface area contributed by atoms with Crippen molar-refractivity contribution < 1.29 is 19.7 Å². The van der Waals surface area contributed by atoms with Gasteiger partial charge in [-0.1, -0.05) is 77.9 Å². The molecule has 5 rings (SSSR count). The number of aliphatic hydroxyl groups is 1. The van der Waals surface area contributed by atoms with Gasteiger partial charge in [-0.05, 0) is 38.0 Å². The van der Waals surface area contributed by atoms with E-state index in [2.05, 4.69) is 5.32 Å². The number of Topliss-reactive ketones (excluding diaryl/α,β-unsaturated/α-hetero) is 1. The number of para-hydroxylation sites is 1. The third-order valence-corrected chi connectivity index (χ3v) is 6.70. The van der Waals surface area contributed by atoms with Crippen LogP contribution in [-0.4, -0.2) is 17.4 Å². The molecule has 0 bridgehead atoms. The van der Waals surface area contributed by atoms with Crippen LogP contribution in [0.5, 0.6) is 0 Å². The highest BCUT2D eigenvalue weighted by Crippen LogP contribution is 2.57. The summed E-state index contributed by atoms with van der Waals surface area (Å²) in [7, 11) is 0. The van der Waals surface area contributed by atoms with Crippen LogP contribution in [0.2, 0.25) is 0 Å². The van der Waals surface area contributed by atoms with Crippen molar-refractivity contribution in [3.63, 3.8) is 0 Å². The minimum Gasteiger partial charge on any atom is -0.383 e. The zero-order valence-corrected chi connectivity index (χ0v) is 17.8. The number of aryl methyl sites for hydroxylation is 2. The van der Waals surface area contributed by atoms with E-state index in [1.54, 1.807) is 19.1 Å². The lowest BCUT2D eigenvalue weighted by atomic mass is 9.63. The van der Waals surface area contributed by atoms with Crippen molar-refractivity contribution in [3.05, 3.63) is 101 Å². The van der Waals surface area contributed by atoms with E-state index in [-0.39, 0.29) is 12.3 Å². The van der Waals surface area contributed by atoms with Crippen LogP contribution in [0.1, 0.15) is 34.7 Å². The number of hydrogen-bond acceptors (Lipinski definition) is 5. The Labute approximate surface area is 181 Å². The zero-order chi connectivity index (χ0) is 21.9. The van der Waals surface area contributed by atoms with Gasteiger partial charge in [0.1, 0.15) is 5.41 Å². The second kappa shape index (κ2) is 6.76. The van der Waals surface area contributed by atoms with Crippen LogP contribution in [0, 0.1) is 19.3 Å². The number of nitrogens with one attached hydrogen (secondary N) is 1. The Morgan fingerprint density at radius 3 is 1.97 bits per heavy atom. The number of rotatable bonds is 2. The van der Waals surface area contributed by atoms with Crippen LogP contribution >= 0.6 is 0 Å². The van der Waals surface area contributed by atoms with Crippen LogP contribution in [0.4, 0.5) is 5.69 Å². The van der Waals surface area contributed by atoms with Gasteiger partial charge in [-0.2, -0.15) is 4.89 Å². The number of ketones is 1. The van der Waals surface area contributed by atoms with Crippen LogP contribution in [0.3, 0.4) is 0 Å². The maximum atomic E-state index is 14.4. The van der Waals surface area contributed by atoms with Crippen molar-refractivity contribution in [1.29, 1.82) is 0 Å². The summed E-state index contributed by atoms with van der Waals surface area (Å²) in [6.07, 6.45) is 0. The first-order valence-electron chi connectivity index (χ1n) is 10.4. The van der Waals surface area contributed by atoms with Gasteiger partial charge in [-0.15, -0.1) is 0 Å². The summed E-state index contributed by atoms with van der Waals surface area (Å²) in [4.78, 5) is 26.2. The van der Waals surface area contributed by atoms with Crippen LogP contribution in [0.15, 0.2) is 72.8 Å². The Bertz CT molecular complexity index is 1110. The molecule has 0 aromatic heterocycles. The van der Waals surface area contributed by atoms with E-state index in [0.29, 0.717) is 16.7 Å². The van der Waals surface area contributed by atoms with E-state index < -0.39 is 16.8 Å². The Balaban J connectivity index is 1.73. The third kappa shape index (κ3) is 2.64. The number of anilines is 1. The van der Waals surface area contributed by atoms with Gasteiger partial charge < -0.3 is 10.4 Å². The molecule has 1 fully saturated rings. The maximum absolute atomic E-state index is 14.4. The first kappa shape index (κ1) is 19.9. The average molecular weight is 415 g/mol. The summed E-state index contributed by atoms with van der Waals surface area (Å²) >= 11 is 0. The molecule has 0 saturated carbocycles. The second-order valence-electron chi connectivity index (χ2n) is 8.78. The summed E-state index contributed by atoms with van der Waals surface area (Å²) in [6.45, 7) is 5.93. The molecule has 31 heavy (non-hydrogen) atoms. The summed E-state index contributed by atoms with van der Waals surface area (Å²) in [5.41, 5.74) is 1.87. The van der Waals surface area contributed by atoms with E-state index in [4.69, 9.17) is 9.78 Å². The first-order chi connectivity index (χ1) is 14.8. The molecule has 158 valence electrons. The molecule has 1 saturated heterocycles. The van der Waals surface area contributed by atoms with Crippen molar-refractivity contribution in [2.45, 2.75) is 32.2 Å². The standard InChI is InChI=1S/C26H25NO4/c1-17-8-12-19(13-9-17)25(20-14-10-18(2)11-15-20)23(28)24(3)16-27-22-7-5-4-6-21(22)26(24,29)31-30-25/h4-15,27,29H,16H2,1-3H3. The van der Waals surface area contributed by atoms with Gasteiger partial charge in [0, 0.05) is 17.8 Å². The second-order valence-corrected chi connectivity index (χ2v) is 8.78. The van der Waals surface area contributed by atoms with Crippen LogP contribution in [0.25, 0.3) is 0 Å². The minimum absolute atomic E-state index is 0.210. The molecule has 2 aliphatic rings. The maximum Gasteiger partial charge on any atom is 0.241 e.